The minimum Gasteiger partial charge on any atom is -0.358 e. The number of likely N-dealkylation sites (N-methyl/N-ethyl adjacent to an activating group) is 1. The van der Waals surface area contributed by atoms with Crippen LogP contribution in [-0.4, -0.2) is 29.7 Å². The first kappa shape index (κ1) is 10.7. The molecule has 14 heavy (non-hydrogen) atoms. The van der Waals surface area contributed by atoms with E-state index in [-0.39, 0.29) is 5.91 Å². The van der Waals surface area contributed by atoms with E-state index in [9.17, 15) is 4.79 Å². The van der Waals surface area contributed by atoms with E-state index in [1.54, 1.807) is 7.05 Å². The second kappa shape index (κ2) is 4.76. The number of H-pyrrole nitrogens is 1. The van der Waals surface area contributed by atoms with Gasteiger partial charge in [0.15, 0.2) is 0 Å². The van der Waals surface area contributed by atoms with Crippen molar-refractivity contribution in [3.63, 3.8) is 0 Å². The quantitative estimate of drug-likeness (QED) is 0.628. The fourth-order valence-corrected chi connectivity index (χ4v) is 1.22. The van der Waals surface area contributed by atoms with Crippen LogP contribution in [-0.2, 0) is 11.3 Å². The van der Waals surface area contributed by atoms with Crippen molar-refractivity contribution in [1.29, 1.82) is 0 Å². The Kier molecular flexibility index (Phi) is 3.64. The number of aromatic nitrogens is 2. The van der Waals surface area contributed by atoms with Crippen molar-refractivity contribution >= 4 is 5.91 Å². The van der Waals surface area contributed by atoms with Gasteiger partial charge in [-0.3, -0.25) is 9.89 Å². The van der Waals surface area contributed by atoms with Crippen molar-refractivity contribution in [2.45, 2.75) is 20.4 Å². The molecule has 0 atom stereocenters. The lowest BCUT2D eigenvalue weighted by Gasteiger charge is -2.03. The number of amides is 1. The molecule has 1 amide bonds. The number of carbonyl (C=O) groups is 1. The van der Waals surface area contributed by atoms with Crippen LogP contribution >= 0.6 is 0 Å². The van der Waals surface area contributed by atoms with E-state index in [0.717, 1.165) is 17.0 Å². The molecule has 0 bridgehead atoms. The molecule has 3 N–H and O–H groups in total. The number of nitrogens with zero attached hydrogens (tertiary/aromatic N) is 1. The molecule has 1 aromatic rings. The molecule has 1 rings (SSSR count). The molecule has 78 valence electrons. The fraction of sp³-hybridized carbons (Fsp3) is 0.556. The lowest BCUT2D eigenvalue weighted by atomic mass is 10.2. The lowest BCUT2D eigenvalue weighted by molar-refractivity contribution is -0.119. The van der Waals surface area contributed by atoms with Gasteiger partial charge in [0.25, 0.3) is 0 Å². The normalized spacial score (nSPS) is 10.2. The number of aryl methyl sites for hydroxylation is 2. The van der Waals surface area contributed by atoms with Gasteiger partial charge in [0, 0.05) is 24.8 Å². The molecule has 0 spiro atoms. The summed E-state index contributed by atoms with van der Waals surface area (Å²) in [5.41, 5.74) is 3.16. The first-order valence-corrected chi connectivity index (χ1v) is 4.57. The molecule has 0 aliphatic rings. The van der Waals surface area contributed by atoms with Crippen molar-refractivity contribution in [3.05, 3.63) is 17.0 Å². The van der Waals surface area contributed by atoms with E-state index < -0.39 is 0 Å². The van der Waals surface area contributed by atoms with Crippen LogP contribution < -0.4 is 10.6 Å². The molecular weight excluding hydrogens is 180 g/mol. The van der Waals surface area contributed by atoms with Gasteiger partial charge < -0.3 is 10.6 Å². The minimum atomic E-state index is -0.0104. The van der Waals surface area contributed by atoms with Crippen LogP contribution in [0, 0.1) is 13.8 Å². The standard InChI is InChI=1S/C9H16N4O/c1-6-8(7(2)13-12-6)4-11-5-9(14)10-3/h11H,4-5H2,1-3H3,(H,10,14)(H,12,13). The highest BCUT2D eigenvalue weighted by molar-refractivity contribution is 5.77. The van der Waals surface area contributed by atoms with Gasteiger partial charge in [-0.1, -0.05) is 0 Å². The number of carbonyl (C=O) groups excluding carboxylic acids is 1. The molecular formula is C9H16N4O. The summed E-state index contributed by atoms with van der Waals surface area (Å²) in [5, 5.41) is 12.6. The number of aromatic amines is 1. The highest BCUT2D eigenvalue weighted by Gasteiger charge is 2.05. The molecule has 0 unspecified atom stereocenters. The molecule has 0 aliphatic carbocycles. The van der Waals surface area contributed by atoms with Gasteiger partial charge in [0.1, 0.15) is 0 Å². The van der Waals surface area contributed by atoms with Crippen LogP contribution in [0.1, 0.15) is 17.0 Å². The van der Waals surface area contributed by atoms with Gasteiger partial charge >= 0.3 is 0 Å². The Morgan fingerprint density at radius 3 is 2.71 bits per heavy atom. The van der Waals surface area contributed by atoms with Crippen LogP contribution in [0.3, 0.4) is 0 Å². The van der Waals surface area contributed by atoms with Gasteiger partial charge in [-0.15, -0.1) is 0 Å². The third-order valence-electron chi connectivity index (χ3n) is 2.15. The summed E-state index contributed by atoms with van der Waals surface area (Å²) in [4.78, 5) is 10.9. The third-order valence-corrected chi connectivity index (χ3v) is 2.15. The predicted octanol–water partition coefficient (Wildman–Crippen LogP) is -0.138. The Bertz CT molecular complexity index is 299. The van der Waals surface area contributed by atoms with Crippen molar-refractivity contribution in [2.75, 3.05) is 13.6 Å². The molecule has 5 nitrogen and oxygen atoms in total. The molecule has 0 fully saturated rings. The summed E-state index contributed by atoms with van der Waals surface area (Å²) in [7, 11) is 1.62. The maximum absolute atomic E-state index is 10.9. The second-order valence-electron chi connectivity index (χ2n) is 3.19. The average molecular weight is 196 g/mol. The Morgan fingerprint density at radius 1 is 1.50 bits per heavy atom. The minimum absolute atomic E-state index is 0.0104. The van der Waals surface area contributed by atoms with Gasteiger partial charge in [-0.2, -0.15) is 5.10 Å². The summed E-state index contributed by atoms with van der Waals surface area (Å²) in [6.07, 6.45) is 0. The van der Waals surface area contributed by atoms with Gasteiger partial charge in [0.05, 0.1) is 12.2 Å². The molecule has 5 heteroatoms. The zero-order valence-corrected chi connectivity index (χ0v) is 8.77. The zero-order valence-electron chi connectivity index (χ0n) is 8.77. The predicted molar refractivity (Wildman–Crippen MR) is 53.8 cm³/mol. The summed E-state index contributed by atoms with van der Waals surface area (Å²) < 4.78 is 0. The molecule has 0 saturated heterocycles. The Balaban J connectivity index is 2.42. The van der Waals surface area contributed by atoms with Crippen LogP contribution in [0.25, 0.3) is 0 Å². The number of nitrogens with one attached hydrogen (secondary N) is 3. The highest BCUT2D eigenvalue weighted by atomic mass is 16.1. The molecule has 0 aliphatic heterocycles. The summed E-state index contributed by atoms with van der Waals surface area (Å²) >= 11 is 0. The smallest absolute Gasteiger partial charge is 0.233 e. The first-order chi connectivity index (χ1) is 6.65. The molecule has 0 aromatic carbocycles. The van der Waals surface area contributed by atoms with Crippen LogP contribution in [0.4, 0.5) is 0 Å². The van der Waals surface area contributed by atoms with Crippen LogP contribution in [0.15, 0.2) is 0 Å². The number of hydrogen-bond donors (Lipinski definition) is 3. The van der Waals surface area contributed by atoms with Crippen LogP contribution in [0.2, 0.25) is 0 Å². The number of rotatable bonds is 4. The Labute approximate surface area is 83.3 Å². The zero-order chi connectivity index (χ0) is 10.6. The second-order valence-corrected chi connectivity index (χ2v) is 3.19. The average Bonchev–Trinajstić information content (AvgIpc) is 2.48. The van der Waals surface area contributed by atoms with Crippen molar-refractivity contribution in [1.82, 2.24) is 20.8 Å². The summed E-state index contributed by atoms with van der Waals surface area (Å²) in [6, 6.07) is 0. The maximum Gasteiger partial charge on any atom is 0.233 e. The van der Waals surface area contributed by atoms with E-state index in [2.05, 4.69) is 20.8 Å². The van der Waals surface area contributed by atoms with Crippen LogP contribution in [0.5, 0.6) is 0 Å². The lowest BCUT2D eigenvalue weighted by Crippen LogP contribution is -2.31. The molecule has 1 aromatic heterocycles. The molecule has 0 radical (unpaired) electrons. The molecule has 1 heterocycles. The van der Waals surface area contributed by atoms with E-state index in [4.69, 9.17) is 0 Å². The SMILES string of the molecule is CNC(=O)CNCc1c(C)n[nH]c1C. The molecule has 0 saturated carbocycles. The van der Waals surface area contributed by atoms with Crippen molar-refractivity contribution < 1.29 is 4.79 Å². The maximum atomic E-state index is 10.9. The van der Waals surface area contributed by atoms with E-state index in [1.165, 1.54) is 0 Å². The fourth-order valence-electron chi connectivity index (χ4n) is 1.22. The highest BCUT2D eigenvalue weighted by Crippen LogP contribution is 2.07. The van der Waals surface area contributed by atoms with Crippen molar-refractivity contribution in [3.8, 4) is 0 Å². The topological polar surface area (TPSA) is 69.8 Å². The van der Waals surface area contributed by atoms with E-state index >= 15 is 0 Å². The van der Waals surface area contributed by atoms with E-state index in [1.807, 2.05) is 13.8 Å². The third kappa shape index (κ3) is 2.56. The summed E-state index contributed by atoms with van der Waals surface area (Å²) in [5.74, 6) is -0.0104. The monoisotopic (exact) mass is 196 g/mol. The van der Waals surface area contributed by atoms with Gasteiger partial charge in [0.2, 0.25) is 5.91 Å². The summed E-state index contributed by atoms with van der Waals surface area (Å²) in [6.45, 7) is 4.92. The van der Waals surface area contributed by atoms with E-state index in [0.29, 0.717) is 13.1 Å². The number of hydrogen-bond acceptors (Lipinski definition) is 3. The largest absolute Gasteiger partial charge is 0.358 e. The van der Waals surface area contributed by atoms with Gasteiger partial charge in [-0.05, 0) is 13.8 Å². The van der Waals surface area contributed by atoms with Crippen molar-refractivity contribution in [2.24, 2.45) is 0 Å². The Morgan fingerprint density at radius 2 is 2.21 bits per heavy atom. The van der Waals surface area contributed by atoms with Gasteiger partial charge in [-0.25, -0.2) is 0 Å². The first-order valence-electron chi connectivity index (χ1n) is 4.57. The Hall–Kier alpha value is -1.36.